The Morgan fingerprint density at radius 1 is 0.577 bits per heavy atom. The molecule has 0 radical (unpaired) electrons. The Hall–Kier alpha value is -8.07. The molecule has 9 rings (SSSR count). The first kappa shape index (κ1) is 49.4. The lowest BCUT2D eigenvalue weighted by Gasteiger charge is -2.32. The number of rotatable bonds is 9. The molecule has 0 spiro atoms. The standard InChI is InChI=1S/C66H57NO.C3H8/c1-5-25-49-43-45-53(46-61(49)55-33-16-13-26-48(55)3)58-36-20-23-40-64-59(60-38-21-24-41-65(60)68-64)37-19-22-39-62(58)66(4,54-31-11-8-12-32-54)47-63(67-6-2)52-30-10-7-9-27-50-28-14-17-34-56(50)57-35-18-15-29-51(57)42-44-52;1-3-2/h6-24,26-47H,5,25H2,1-4H3;3H2,1-2H3/b9-7?,10-7+,22-19?,23-20?,27-9+,30-10?,36-20-,37-19+,39-22+,40-23+,44-42-,50-27?,51-42?,52-30+,52-44?,57-56?,58-36?,59-37?,62-39?,62-58-,63-47-,64-40?,67-6?;. The van der Waals surface area contributed by atoms with Gasteiger partial charge in [0.05, 0.1) is 5.70 Å². The smallest absolute Gasteiger partial charge is 0.135 e. The second-order valence-electron chi connectivity index (χ2n) is 18.1. The summed E-state index contributed by atoms with van der Waals surface area (Å²) in [6.45, 7) is 13.1. The van der Waals surface area contributed by atoms with E-state index in [0.717, 1.165) is 74.2 Å². The summed E-state index contributed by atoms with van der Waals surface area (Å²) in [5.74, 6) is 0.825. The number of benzene rings is 6. The Morgan fingerprint density at radius 3 is 1.96 bits per heavy atom. The number of nitrogens with zero attached hydrogens (tertiary/aromatic N) is 1. The summed E-state index contributed by atoms with van der Waals surface area (Å²) in [6.07, 6.45) is 40.1. The summed E-state index contributed by atoms with van der Waals surface area (Å²) in [5, 5.41) is 1.08. The Kier molecular flexibility index (Phi) is 16.7. The first-order chi connectivity index (χ1) is 34.9. The number of hydrogen-bond donors (Lipinski definition) is 0. The van der Waals surface area contributed by atoms with E-state index in [-0.39, 0.29) is 0 Å². The van der Waals surface area contributed by atoms with Gasteiger partial charge in [0.1, 0.15) is 11.3 Å². The van der Waals surface area contributed by atoms with Gasteiger partial charge in [0.15, 0.2) is 0 Å². The van der Waals surface area contributed by atoms with E-state index in [1.165, 1.54) is 45.4 Å². The lowest BCUT2D eigenvalue weighted by molar-refractivity contribution is 0.603. The molecule has 0 saturated carbocycles. The molecular formula is C69H65NO. The highest BCUT2D eigenvalue weighted by atomic mass is 16.3. The van der Waals surface area contributed by atoms with Crippen molar-refractivity contribution < 1.29 is 4.42 Å². The number of furan rings is 1. The van der Waals surface area contributed by atoms with Crippen LogP contribution in [0.15, 0.2) is 245 Å². The summed E-state index contributed by atoms with van der Waals surface area (Å²) < 4.78 is 6.41. The zero-order valence-electron chi connectivity index (χ0n) is 42.1. The molecule has 1 unspecified atom stereocenters. The Balaban J connectivity index is 0.00000220. The number of hydrogen-bond acceptors (Lipinski definition) is 2. The molecule has 2 aliphatic rings. The van der Waals surface area contributed by atoms with Gasteiger partial charge in [-0.25, -0.2) is 0 Å². The van der Waals surface area contributed by atoms with Crippen LogP contribution in [0.1, 0.15) is 92.2 Å². The van der Waals surface area contributed by atoms with Gasteiger partial charge >= 0.3 is 0 Å². The monoisotopic (exact) mass is 924 g/mol. The third-order valence-corrected chi connectivity index (χ3v) is 12.9. The summed E-state index contributed by atoms with van der Waals surface area (Å²) in [4.78, 5) is 5.22. The average molecular weight is 924 g/mol. The van der Waals surface area contributed by atoms with Gasteiger partial charge in [0, 0.05) is 22.6 Å². The third kappa shape index (κ3) is 11.5. The Bertz CT molecular complexity index is 3330. The molecule has 0 saturated heterocycles. The summed E-state index contributed by atoms with van der Waals surface area (Å²) in [7, 11) is 0. The van der Waals surface area contributed by atoms with Crippen LogP contribution in [-0.2, 0) is 11.8 Å². The van der Waals surface area contributed by atoms with E-state index in [0.29, 0.717) is 0 Å². The highest BCUT2D eigenvalue weighted by Gasteiger charge is 2.31. The lowest BCUT2D eigenvalue weighted by Crippen LogP contribution is -2.23. The molecule has 352 valence electrons. The molecule has 6 aromatic carbocycles. The highest BCUT2D eigenvalue weighted by molar-refractivity contribution is 5.92. The first-order valence-corrected chi connectivity index (χ1v) is 25.2. The summed E-state index contributed by atoms with van der Waals surface area (Å²) in [6, 6.07) is 52.2. The minimum atomic E-state index is -0.710. The van der Waals surface area contributed by atoms with Crippen LogP contribution >= 0.6 is 0 Å². The van der Waals surface area contributed by atoms with Crippen molar-refractivity contribution in [1.82, 2.24) is 0 Å². The van der Waals surface area contributed by atoms with Crippen LogP contribution in [0.3, 0.4) is 0 Å². The van der Waals surface area contributed by atoms with Gasteiger partial charge < -0.3 is 4.42 Å². The molecule has 0 aliphatic heterocycles. The third-order valence-electron chi connectivity index (χ3n) is 12.9. The minimum absolute atomic E-state index is 0.710. The van der Waals surface area contributed by atoms with Crippen molar-refractivity contribution in [3.63, 3.8) is 0 Å². The highest BCUT2D eigenvalue weighted by Crippen LogP contribution is 2.43. The molecule has 2 nitrogen and oxygen atoms in total. The topological polar surface area (TPSA) is 25.5 Å². The molecule has 7 aromatic rings. The molecule has 1 atom stereocenters. The Labute approximate surface area is 422 Å². The molecule has 0 bridgehead atoms. The number of fused-ring (bicyclic) bond motifs is 6. The van der Waals surface area contributed by atoms with Crippen LogP contribution in [0.4, 0.5) is 0 Å². The lowest BCUT2D eigenvalue weighted by atomic mass is 9.71. The minimum Gasteiger partial charge on any atom is -0.456 e. The second kappa shape index (κ2) is 24.0. The fraction of sp³-hybridized carbons (Fsp3) is 0.145. The molecule has 71 heavy (non-hydrogen) atoms. The van der Waals surface area contributed by atoms with Gasteiger partial charge in [-0.2, -0.15) is 0 Å². The van der Waals surface area contributed by atoms with Gasteiger partial charge in [0.2, 0.25) is 0 Å². The van der Waals surface area contributed by atoms with E-state index < -0.39 is 5.41 Å². The maximum atomic E-state index is 6.41. The van der Waals surface area contributed by atoms with Gasteiger partial charge in [-0.15, -0.1) is 0 Å². The second-order valence-corrected chi connectivity index (χ2v) is 18.1. The molecule has 0 fully saturated rings. The van der Waals surface area contributed by atoms with E-state index in [1.54, 1.807) is 0 Å². The zero-order valence-corrected chi connectivity index (χ0v) is 42.1. The fourth-order valence-corrected chi connectivity index (χ4v) is 9.49. The van der Waals surface area contributed by atoms with Crippen molar-refractivity contribution >= 4 is 47.1 Å². The van der Waals surface area contributed by atoms with Crippen molar-refractivity contribution in [2.75, 3.05) is 0 Å². The van der Waals surface area contributed by atoms with Crippen LogP contribution in [0, 0.1) is 6.92 Å². The maximum Gasteiger partial charge on any atom is 0.135 e. The largest absolute Gasteiger partial charge is 0.456 e. The molecule has 2 aliphatic carbocycles. The van der Waals surface area contributed by atoms with Gasteiger partial charge in [0.25, 0.3) is 0 Å². The van der Waals surface area contributed by atoms with E-state index in [4.69, 9.17) is 9.41 Å². The molecule has 2 heteroatoms. The number of aliphatic imine (C=N–C) groups is 1. The van der Waals surface area contributed by atoms with Gasteiger partial charge in [-0.1, -0.05) is 252 Å². The van der Waals surface area contributed by atoms with E-state index in [1.807, 2.05) is 25.3 Å². The van der Waals surface area contributed by atoms with Crippen LogP contribution in [0.2, 0.25) is 0 Å². The molecule has 1 aromatic heterocycles. The quantitative estimate of drug-likeness (QED) is 0.132. The summed E-state index contributed by atoms with van der Waals surface area (Å²) in [5.41, 5.74) is 17.4. The van der Waals surface area contributed by atoms with E-state index in [9.17, 15) is 0 Å². The van der Waals surface area contributed by atoms with Crippen LogP contribution < -0.4 is 0 Å². The van der Waals surface area contributed by atoms with E-state index >= 15 is 0 Å². The fourth-order valence-electron chi connectivity index (χ4n) is 9.49. The summed E-state index contributed by atoms with van der Waals surface area (Å²) >= 11 is 0. The maximum absolute atomic E-state index is 6.41. The van der Waals surface area contributed by atoms with E-state index in [2.05, 4.69) is 265 Å². The number of allylic oxidation sites excluding steroid dienone is 14. The van der Waals surface area contributed by atoms with Crippen molar-refractivity contribution in [3.8, 4) is 22.3 Å². The van der Waals surface area contributed by atoms with Gasteiger partial charge in [-0.05, 0) is 124 Å². The van der Waals surface area contributed by atoms with Crippen molar-refractivity contribution in [2.24, 2.45) is 4.99 Å². The zero-order chi connectivity index (χ0) is 49.4. The molecular weight excluding hydrogens is 859 g/mol. The SMILES string of the molecule is CC=NC(=C\C(C)(C1=C(c2ccc(CCC)c(-c3ccccc3C)c2)/C=C\C=C\c2oc3ccccc3c2\C=C\C=C\1)c1ccccc1)/C1=C/C=C/C=C/c2ccccc2-c2ccccc2/C=C\1.CCC. The van der Waals surface area contributed by atoms with Gasteiger partial charge in [-0.3, -0.25) is 4.99 Å². The van der Waals surface area contributed by atoms with Crippen LogP contribution in [0.5, 0.6) is 0 Å². The molecule has 0 amide bonds. The Morgan fingerprint density at radius 2 is 1.21 bits per heavy atom. The molecule has 1 heterocycles. The number of para-hydroxylation sites is 1. The van der Waals surface area contributed by atoms with Crippen LogP contribution in [-0.4, -0.2) is 6.21 Å². The average Bonchev–Trinajstić information content (AvgIpc) is 3.74. The first-order valence-electron chi connectivity index (χ1n) is 25.2. The number of aryl methyl sites for hydroxylation is 2. The van der Waals surface area contributed by atoms with Crippen molar-refractivity contribution in [1.29, 1.82) is 0 Å². The molecule has 0 N–H and O–H groups in total. The van der Waals surface area contributed by atoms with Crippen molar-refractivity contribution in [3.05, 3.63) is 280 Å². The normalized spacial score (nSPS) is 19.5. The predicted octanol–water partition coefficient (Wildman–Crippen LogP) is 19.2. The van der Waals surface area contributed by atoms with Crippen LogP contribution in [0.25, 0.3) is 63.1 Å². The van der Waals surface area contributed by atoms with Crippen molar-refractivity contribution in [2.45, 2.75) is 66.2 Å². The predicted molar refractivity (Wildman–Crippen MR) is 309 cm³/mol.